The third-order valence-electron chi connectivity index (χ3n) is 3.39. The van der Waals surface area contributed by atoms with E-state index < -0.39 is 15.8 Å². The van der Waals surface area contributed by atoms with E-state index in [1.165, 1.54) is 26.5 Å². The summed E-state index contributed by atoms with van der Waals surface area (Å²) in [5.41, 5.74) is 1.74. The maximum Gasteiger partial charge on any atom is 0.339 e. The van der Waals surface area contributed by atoms with Crippen molar-refractivity contribution in [3.05, 3.63) is 53.3 Å². The summed E-state index contributed by atoms with van der Waals surface area (Å²) in [6, 6.07) is 8.17. The first-order valence-corrected chi connectivity index (χ1v) is 8.58. The lowest BCUT2D eigenvalue weighted by Crippen LogP contribution is -2.10. The van der Waals surface area contributed by atoms with Crippen LogP contribution in [0.1, 0.15) is 21.6 Å². The first-order chi connectivity index (χ1) is 10.9. The van der Waals surface area contributed by atoms with E-state index in [0.717, 1.165) is 5.56 Å². The molecule has 0 saturated carbocycles. The second-order valence-electron chi connectivity index (χ2n) is 5.17. The van der Waals surface area contributed by atoms with E-state index in [2.05, 4.69) is 4.74 Å². The molecular formula is C16H19NO5S. The number of hydrogen-bond acceptors (Lipinski definition) is 5. The number of ether oxygens (including phenoxy) is 2. The van der Waals surface area contributed by atoms with Gasteiger partial charge in [0.15, 0.2) is 9.84 Å². The summed E-state index contributed by atoms with van der Waals surface area (Å²) < 4.78 is 36.4. The lowest BCUT2D eigenvalue weighted by Gasteiger charge is -2.09. The summed E-state index contributed by atoms with van der Waals surface area (Å²) in [6.07, 6.45) is 1.52. The van der Waals surface area contributed by atoms with Crippen LogP contribution >= 0.6 is 0 Å². The molecule has 0 N–H and O–H groups in total. The second-order valence-corrected chi connectivity index (χ2v) is 7.16. The van der Waals surface area contributed by atoms with Crippen molar-refractivity contribution in [2.45, 2.75) is 24.3 Å². The summed E-state index contributed by atoms with van der Waals surface area (Å²) in [7, 11) is -0.746. The number of benzene rings is 1. The van der Waals surface area contributed by atoms with E-state index in [1.807, 2.05) is 6.92 Å². The molecule has 7 heteroatoms. The zero-order valence-corrected chi connectivity index (χ0v) is 14.1. The molecule has 1 aromatic carbocycles. The Hall–Kier alpha value is -2.12. The first kappa shape index (κ1) is 17.2. The number of esters is 1. The van der Waals surface area contributed by atoms with E-state index in [9.17, 15) is 13.2 Å². The minimum Gasteiger partial charge on any atom is -0.465 e. The Balaban J connectivity index is 2.35. The predicted octanol–water partition coefficient (Wildman–Crippen LogP) is 2.16. The maximum absolute atomic E-state index is 12.5. The van der Waals surface area contributed by atoms with Crippen molar-refractivity contribution in [2.75, 3.05) is 14.2 Å². The fraction of sp³-hybridized carbons (Fsp3) is 0.312. The quantitative estimate of drug-likeness (QED) is 0.755. The third kappa shape index (κ3) is 4.00. The molecule has 124 valence electrons. The van der Waals surface area contributed by atoms with Crippen LogP contribution in [0.25, 0.3) is 0 Å². The van der Waals surface area contributed by atoms with Crippen LogP contribution in [0.15, 0.2) is 41.4 Å². The highest BCUT2D eigenvalue weighted by molar-refractivity contribution is 7.90. The average Bonchev–Trinajstić information content (AvgIpc) is 2.89. The van der Waals surface area contributed by atoms with Gasteiger partial charge in [0.25, 0.3) is 0 Å². The fourth-order valence-corrected chi connectivity index (χ4v) is 3.54. The molecule has 0 fully saturated rings. The summed E-state index contributed by atoms with van der Waals surface area (Å²) in [6.45, 7) is 2.04. The second kappa shape index (κ2) is 6.97. The Morgan fingerprint density at radius 3 is 2.39 bits per heavy atom. The number of hydrogen-bond donors (Lipinski definition) is 0. The predicted molar refractivity (Wildman–Crippen MR) is 84.8 cm³/mol. The molecule has 2 rings (SSSR count). The normalized spacial score (nSPS) is 11.4. The number of methoxy groups -OCH3 is 2. The zero-order chi connectivity index (χ0) is 17.0. The van der Waals surface area contributed by atoms with Crippen LogP contribution < -0.4 is 0 Å². The molecule has 23 heavy (non-hydrogen) atoms. The van der Waals surface area contributed by atoms with Crippen LogP contribution in [-0.2, 0) is 31.8 Å². The van der Waals surface area contributed by atoms with Gasteiger partial charge in [-0.3, -0.25) is 0 Å². The summed E-state index contributed by atoms with van der Waals surface area (Å²) >= 11 is 0. The number of rotatable bonds is 6. The van der Waals surface area contributed by atoms with Gasteiger partial charge in [-0.05, 0) is 25.1 Å². The lowest BCUT2D eigenvalue weighted by atomic mass is 10.2. The zero-order valence-electron chi connectivity index (χ0n) is 13.3. The van der Waals surface area contributed by atoms with Gasteiger partial charge in [-0.1, -0.05) is 17.7 Å². The number of aryl methyl sites for hydroxylation is 1. The largest absolute Gasteiger partial charge is 0.465 e. The van der Waals surface area contributed by atoms with Crippen LogP contribution in [0.5, 0.6) is 0 Å². The van der Waals surface area contributed by atoms with Gasteiger partial charge in [-0.25, -0.2) is 13.2 Å². The molecule has 0 bridgehead atoms. The molecule has 0 unspecified atom stereocenters. The van der Waals surface area contributed by atoms with E-state index in [4.69, 9.17) is 4.74 Å². The summed E-state index contributed by atoms with van der Waals surface area (Å²) in [5.74, 6) is -0.745. The van der Waals surface area contributed by atoms with Crippen LogP contribution in [0.3, 0.4) is 0 Å². The Bertz CT molecular complexity index is 790. The van der Waals surface area contributed by atoms with E-state index in [0.29, 0.717) is 11.3 Å². The summed E-state index contributed by atoms with van der Waals surface area (Å²) in [5, 5.41) is 0. The number of nitrogens with zero attached hydrogens (tertiary/aromatic N) is 1. The van der Waals surface area contributed by atoms with Crippen molar-refractivity contribution in [1.29, 1.82) is 0 Å². The van der Waals surface area contributed by atoms with Crippen molar-refractivity contribution >= 4 is 15.8 Å². The van der Waals surface area contributed by atoms with Crippen molar-refractivity contribution in [3.8, 4) is 0 Å². The van der Waals surface area contributed by atoms with E-state index in [-0.39, 0.29) is 17.4 Å². The molecule has 0 spiro atoms. The van der Waals surface area contributed by atoms with Crippen molar-refractivity contribution in [1.82, 2.24) is 4.57 Å². The SMILES string of the molecule is COCn1cc(C(=O)OC)cc1CS(=O)(=O)c1ccc(C)cc1. The van der Waals surface area contributed by atoms with Crippen molar-refractivity contribution in [2.24, 2.45) is 0 Å². The van der Waals surface area contributed by atoms with Crippen LogP contribution in [0.2, 0.25) is 0 Å². The minimum atomic E-state index is -3.52. The van der Waals surface area contributed by atoms with Gasteiger partial charge in [-0.2, -0.15) is 0 Å². The lowest BCUT2D eigenvalue weighted by molar-refractivity contribution is 0.0600. The highest BCUT2D eigenvalue weighted by Crippen LogP contribution is 2.19. The smallest absolute Gasteiger partial charge is 0.339 e. The highest BCUT2D eigenvalue weighted by atomic mass is 32.2. The molecule has 0 aliphatic rings. The molecule has 0 aliphatic heterocycles. The topological polar surface area (TPSA) is 74.6 Å². The average molecular weight is 337 g/mol. The van der Waals surface area contributed by atoms with Gasteiger partial charge in [0.2, 0.25) is 0 Å². The van der Waals surface area contributed by atoms with E-state index in [1.54, 1.807) is 28.8 Å². The van der Waals surface area contributed by atoms with Gasteiger partial charge in [0.05, 0.1) is 23.3 Å². The van der Waals surface area contributed by atoms with Gasteiger partial charge < -0.3 is 14.0 Å². The fourth-order valence-electron chi connectivity index (χ4n) is 2.19. The number of carbonyl (C=O) groups excluding carboxylic acids is 1. The van der Waals surface area contributed by atoms with Crippen molar-refractivity contribution < 1.29 is 22.7 Å². The van der Waals surface area contributed by atoms with Gasteiger partial charge in [0, 0.05) is 19.0 Å². The molecular weight excluding hydrogens is 318 g/mol. The standard InChI is InChI=1S/C16H19NO5S/c1-12-4-6-15(7-5-12)23(19,20)10-14-8-13(16(18)22-3)9-17(14)11-21-2/h4-9H,10-11H2,1-3H3. The number of sulfone groups is 1. The molecule has 1 heterocycles. The molecule has 2 aromatic rings. The molecule has 0 radical (unpaired) electrons. The number of carbonyl (C=O) groups is 1. The van der Waals surface area contributed by atoms with Crippen molar-refractivity contribution in [3.63, 3.8) is 0 Å². The Labute approximate surface area is 135 Å². The van der Waals surface area contributed by atoms with Crippen LogP contribution in [-0.4, -0.2) is 33.2 Å². The Morgan fingerprint density at radius 2 is 1.83 bits per heavy atom. The van der Waals surface area contributed by atoms with E-state index >= 15 is 0 Å². The Morgan fingerprint density at radius 1 is 1.17 bits per heavy atom. The Kier molecular flexibility index (Phi) is 5.23. The minimum absolute atomic E-state index is 0.149. The van der Waals surface area contributed by atoms with Gasteiger partial charge in [-0.15, -0.1) is 0 Å². The third-order valence-corrected chi connectivity index (χ3v) is 5.06. The number of aromatic nitrogens is 1. The van der Waals surface area contributed by atoms with Gasteiger partial charge >= 0.3 is 5.97 Å². The maximum atomic E-state index is 12.5. The van der Waals surface area contributed by atoms with Gasteiger partial charge in [0.1, 0.15) is 6.73 Å². The first-order valence-electron chi connectivity index (χ1n) is 6.93. The molecule has 1 aromatic heterocycles. The highest BCUT2D eigenvalue weighted by Gasteiger charge is 2.20. The summed E-state index contributed by atoms with van der Waals surface area (Å²) in [4.78, 5) is 11.9. The molecule has 0 saturated heterocycles. The molecule has 6 nitrogen and oxygen atoms in total. The molecule has 0 atom stereocenters. The molecule has 0 aliphatic carbocycles. The van der Waals surface area contributed by atoms with Crippen LogP contribution in [0, 0.1) is 6.92 Å². The molecule has 0 amide bonds. The monoisotopic (exact) mass is 337 g/mol. The van der Waals surface area contributed by atoms with Crippen LogP contribution in [0.4, 0.5) is 0 Å².